The number of fused-ring (bicyclic) bond motifs is 6. The van der Waals surface area contributed by atoms with Gasteiger partial charge in [-0.15, -0.1) is 17.5 Å². The largest absolute Gasteiger partial charge is 0.512 e. The van der Waals surface area contributed by atoms with E-state index in [4.69, 9.17) is 9.40 Å². The fourth-order valence-electron chi connectivity index (χ4n) is 5.91. The van der Waals surface area contributed by atoms with Crippen LogP contribution in [-0.2, 0) is 24.9 Å². The number of aromatic nitrogens is 1. The Kier molecular flexibility index (Phi) is 11.8. The molecule has 4 nitrogen and oxygen atoms in total. The first-order chi connectivity index (χ1) is 21.6. The van der Waals surface area contributed by atoms with Crippen LogP contribution in [0.2, 0.25) is 19.6 Å². The van der Waals surface area contributed by atoms with Gasteiger partial charge in [0.2, 0.25) is 0 Å². The Morgan fingerprint density at radius 2 is 1.57 bits per heavy atom. The first-order valence-corrected chi connectivity index (χ1v) is 20.5. The third-order valence-corrected chi connectivity index (χ3v) is 11.9. The summed E-state index contributed by atoms with van der Waals surface area (Å²) in [6.07, 6.45) is 4.91. The van der Waals surface area contributed by atoms with Crippen LogP contribution < -0.4 is 5.19 Å². The first-order valence-electron chi connectivity index (χ1n) is 16.2. The van der Waals surface area contributed by atoms with E-state index in [0.717, 1.165) is 74.5 Å². The van der Waals surface area contributed by atoms with Crippen molar-refractivity contribution in [3.63, 3.8) is 0 Å². The summed E-state index contributed by atoms with van der Waals surface area (Å²) in [5.41, 5.74) is 3.95. The monoisotopic (exact) mass is 827 g/mol. The summed E-state index contributed by atoms with van der Waals surface area (Å²) in [5.74, 6) is 0.547. The zero-order valence-electron chi connectivity index (χ0n) is 27.9. The molecule has 0 spiro atoms. The number of furan rings is 1. The quantitative estimate of drug-likeness (QED) is 0.0683. The molecule has 0 amide bonds. The normalized spacial score (nSPS) is 12.2. The molecule has 0 bridgehead atoms. The first kappa shape index (κ1) is 35.8. The van der Waals surface area contributed by atoms with Crippen molar-refractivity contribution in [2.75, 3.05) is 0 Å². The number of benzene rings is 4. The summed E-state index contributed by atoms with van der Waals surface area (Å²) < 4.78 is 7.71. The van der Waals surface area contributed by atoms with Gasteiger partial charge in [-0.25, -0.2) is 0 Å². The molecule has 6 aromatic rings. The fourth-order valence-corrected chi connectivity index (χ4v) is 8.03. The summed E-state index contributed by atoms with van der Waals surface area (Å²) in [4.78, 5) is 16.7. The third-order valence-electron chi connectivity index (χ3n) is 8.83. The molecule has 46 heavy (non-hydrogen) atoms. The maximum Gasteiger partial charge on any atom is 0.162 e. The Morgan fingerprint density at radius 3 is 2.22 bits per heavy atom. The summed E-state index contributed by atoms with van der Waals surface area (Å²) >= 11 is 1.72. The van der Waals surface area contributed by atoms with E-state index in [-0.39, 0.29) is 43.5 Å². The van der Waals surface area contributed by atoms with Gasteiger partial charge in [-0.3, -0.25) is 9.78 Å². The van der Waals surface area contributed by atoms with Gasteiger partial charge in [-0.1, -0.05) is 101 Å². The molecule has 0 unspecified atom stereocenters. The van der Waals surface area contributed by atoms with Gasteiger partial charge in [-0.05, 0) is 60.0 Å². The number of allylic oxidation sites excluding steroid dienone is 2. The number of ketones is 1. The number of nitrogens with zero attached hydrogens (tertiary/aromatic N) is 1. The number of aliphatic hydroxyl groups excluding tert-OH is 1. The zero-order chi connectivity index (χ0) is 32.3. The van der Waals surface area contributed by atoms with Crippen LogP contribution in [0.5, 0.6) is 0 Å². The van der Waals surface area contributed by atoms with Gasteiger partial charge >= 0.3 is 0 Å². The zero-order valence-corrected chi connectivity index (χ0v) is 32.1. The predicted octanol–water partition coefficient (Wildman–Crippen LogP) is 11.2. The van der Waals surface area contributed by atoms with Crippen LogP contribution in [0.25, 0.3) is 53.5 Å². The molecule has 4 aromatic carbocycles. The Balaban J connectivity index is 0.000000259. The van der Waals surface area contributed by atoms with Gasteiger partial charge in [0.05, 0.1) is 29.9 Å². The van der Waals surface area contributed by atoms with Crippen LogP contribution in [0.4, 0.5) is 0 Å². The molecule has 0 fully saturated rings. The van der Waals surface area contributed by atoms with Gasteiger partial charge in [0, 0.05) is 42.7 Å². The molecular weight excluding hydrogens is 783 g/mol. The molecule has 0 aliphatic heterocycles. The Morgan fingerprint density at radius 1 is 0.913 bits per heavy atom. The number of rotatable bonds is 9. The molecule has 1 N–H and O–H groups in total. The van der Waals surface area contributed by atoms with E-state index < -0.39 is 8.07 Å². The standard InChI is InChI=1S/C26H20NOSSi.C13H24O2.Ir/c1-30(2,3)17-12-13-19-22(15-17)28-25-18-9-5-4-8-16(18)14-20(24(19)25)26-27-21-10-6-7-11-23(21)29-26;1-5-10(6-2)12(14)9-13(15)11(7-3)8-4;/h4-13,15H,1-3H3;9-11,14H,5-8H2,1-4H3;/q-1;;/b;12-9-;. The van der Waals surface area contributed by atoms with Crippen LogP contribution in [-0.4, -0.2) is 23.9 Å². The fraction of sp³-hybridized carbons (Fsp3) is 0.333. The number of para-hydroxylation sites is 1. The molecule has 243 valence electrons. The van der Waals surface area contributed by atoms with Crippen molar-refractivity contribution in [1.82, 2.24) is 4.98 Å². The molecule has 0 aliphatic carbocycles. The number of aliphatic hydroxyl groups is 1. The molecule has 2 aromatic heterocycles. The van der Waals surface area contributed by atoms with Crippen LogP contribution in [0.3, 0.4) is 0 Å². The molecule has 0 atom stereocenters. The maximum atomic E-state index is 11.7. The van der Waals surface area contributed by atoms with E-state index in [2.05, 4.69) is 86.4 Å². The molecule has 0 saturated carbocycles. The number of hydrogen-bond donors (Lipinski definition) is 1. The van der Waals surface area contributed by atoms with Crippen LogP contribution in [0.15, 0.2) is 83.0 Å². The second kappa shape index (κ2) is 15.2. The summed E-state index contributed by atoms with van der Waals surface area (Å²) in [6, 6.07) is 27.1. The molecule has 0 saturated heterocycles. The molecule has 6 rings (SSSR count). The van der Waals surface area contributed by atoms with Crippen molar-refractivity contribution in [2.45, 2.75) is 73.0 Å². The average molecular weight is 827 g/mol. The van der Waals surface area contributed by atoms with Gasteiger partial charge in [-0.2, -0.15) is 11.3 Å². The minimum atomic E-state index is -1.43. The van der Waals surface area contributed by atoms with E-state index in [1.54, 1.807) is 11.3 Å². The van der Waals surface area contributed by atoms with Crippen molar-refractivity contribution in [3.8, 4) is 10.6 Å². The number of hydrogen-bond acceptors (Lipinski definition) is 5. The van der Waals surface area contributed by atoms with Crippen molar-refractivity contribution in [3.05, 3.63) is 84.6 Å². The maximum absolute atomic E-state index is 11.7. The van der Waals surface area contributed by atoms with E-state index >= 15 is 0 Å². The van der Waals surface area contributed by atoms with Crippen molar-refractivity contribution < 1.29 is 34.4 Å². The Bertz CT molecular complexity index is 1960. The summed E-state index contributed by atoms with van der Waals surface area (Å²) in [7, 11) is -1.43. The second-order valence-corrected chi connectivity index (χ2v) is 18.9. The van der Waals surface area contributed by atoms with Gasteiger partial charge in [0.25, 0.3) is 0 Å². The van der Waals surface area contributed by atoms with Crippen LogP contribution in [0, 0.1) is 17.9 Å². The number of carbonyl (C=O) groups is 1. The van der Waals surface area contributed by atoms with E-state index in [1.165, 1.54) is 16.0 Å². The second-order valence-electron chi connectivity index (χ2n) is 12.8. The van der Waals surface area contributed by atoms with E-state index in [0.29, 0.717) is 0 Å². The molecule has 2 heterocycles. The summed E-state index contributed by atoms with van der Waals surface area (Å²) in [6.45, 7) is 15.2. The third kappa shape index (κ3) is 7.39. The Hall–Kier alpha value is -3.09. The smallest absolute Gasteiger partial charge is 0.162 e. The molecule has 0 aliphatic rings. The minimum Gasteiger partial charge on any atom is -0.512 e. The van der Waals surface area contributed by atoms with Crippen molar-refractivity contribution >= 4 is 73.3 Å². The van der Waals surface area contributed by atoms with Gasteiger partial charge in [0.1, 0.15) is 5.58 Å². The van der Waals surface area contributed by atoms with Gasteiger partial charge in [0.15, 0.2) is 5.78 Å². The topological polar surface area (TPSA) is 63.3 Å². The molecular formula is C39H44IrNO3SSi-. The van der Waals surface area contributed by atoms with Gasteiger partial charge < -0.3 is 9.52 Å². The van der Waals surface area contributed by atoms with Crippen LogP contribution >= 0.6 is 11.3 Å². The summed E-state index contributed by atoms with van der Waals surface area (Å²) in [5, 5.41) is 16.6. The number of thiazole rings is 1. The predicted molar refractivity (Wildman–Crippen MR) is 196 cm³/mol. The molecule has 7 heteroatoms. The number of carbonyl (C=O) groups excluding carboxylic acids is 1. The van der Waals surface area contributed by atoms with E-state index in [1.807, 2.05) is 33.8 Å². The van der Waals surface area contributed by atoms with Crippen molar-refractivity contribution in [1.29, 1.82) is 0 Å². The minimum absolute atomic E-state index is 0. The van der Waals surface area contributed by atoms with Crippen molar-refractivity contribution in [2.24, 2.45) is 11.8 Å². The van der Waals surface area contributed by atoms with Crippen LogP contribution in [0.1, 0.15) is 53.4 Å². The SMILES string of the molecule is CCC(CC)C(=O)/C=C(\O)C(CC)CC.C[Si](C)(C)c1ccc2c(c1)oc1c3ccccc3[c-]c(-c3nc4ccccc4s3)c21.[Ir]. The molecule has 1 radical (unpaired) electrons. The van der Waals surface area contributed by atoms with E-state index in [9.17, 15) is 9.90 Å². The Labute approximate surface area is 291 Å². The average Bonchev–Trinajstić information content (AvgIpc) is 3.64.